The van der Waals surface area contributed by atoms with Gasteiger partial charge in [-0.2, -0.15) is 0 Å². The molecule has 1 aromatic carbocycles. The summed E-state index contributed by atoms with van der Waals surface area (Å²) in [5, 5.41) is 0.993. The summed E-state index contributed by atoms with van der Waals surface area (Å²) in [7, 11) is 0. The maximum atomic E-state index is 13.1. The third kappa shape index (κ3) is 1.68. The van der Waals surface area contributed by atoms with E-state index in [-0.39, 0.29) is 11.9 Å². The molecule has 1 heterocycles. The van der Waals surface area contributed by atoms with Crippen molar-refractivity contribution in [3.05, 3.63) is 39.5 Å². The molecule has 88 valence electrons. The zero-order chi connectivity index (χ0) is 12.0. The molecule has 0 bridgehead atoms. The Hall–Kier alpha value is -1.26. The van der Waals surface area contributed by atoms with Crippen LogP contribution in [0.25, 0.3) is 11.3 Å². The van der Waals surface area contributed by atoms with E-state index in [1.54, 1.807) is 17.4 Å². The zero-order valence-electron chi connectivity index (χ0n) is 9.53. The van der Waals surface area contributed by atoms with Crippen LogP contribution in [0.5, 0.6) is 0 Å². The number of hydrogen-bond acceptors (Lipinski definition) is 3. The quantitative estimate of drug-likeness (QED) is 0.756. The number of aromatic nitrogens is 1. The van der Waals surface area contributed by atoms with Crippen LogP contribution < -0.4 is 5.73 Å². The van der Waals surface area contributed by atoms with Crippen LogP contribution in [0.4, 0.5) is 4.39 Å². The van der Waals surface area contributed by atoms with Gasteiger partial charge in [0, 0.05) is 16.9 Å². The third-order valence-electron chi connectivity index (χ3n) is 3.14. The summed E-state index contributed by atoms with van der Waals surface area (Å²) in [6.07, 6.45) is 1.68. The van der Waals surface area contributed by atoms with E-state index in [1.165, 1.54) is 10.9 Å². The van der Waals surface area contributed by atoms with E-state index < -0.39 is 0 Å². The Balaban J connectivity index is 2.06. The highest BCUT2D eigenvalue weighted by atomic mass is 32.1. The molecule has 0 radical (unpaired) electrons. The lowest BCUT2D eigenvalue weighted by Crippen LogP contribution is -2.07. The van der Waals surface area contributed by atoms with Crippen LogP contribution in [0.2, 0.25) is 0 Å². The lowest BCUT2D eigenvalue weighted by molar-refractivity contribution is 0.626. The molecule has 1 aromatic heterocycles. The van der Waals surface area contributed by atoms with Crippen LogP contribution in [-0.4, -0.2) is 4.98 Å². The fraction of sp³-hybridized carbons (Fsp3) is 0.308. The van der Waals surface area contributed by atoms with Gasteiger partial charge in [0.2, 0.25) is 0 Å². The number of nitrogens with zero attached hydrogens (tertiary/aromatic N) is 1. The second-order valence-electron chi connectivity index (χ2n) is 4.32. The van der Waals surface area contributed by atoms with Crippen LogP contribution in [0, 0.1) is 5.82 Å². The molecule has 0 aliphatic heterocycles. The summed E-state index contributed by atoms with van der Waals surface area (Å²) in [4.78, 5) is 5.82. The molecule has 0 spiro atoms. The average Bonchev–Trinajstić information content (AvgIpc) is 2.84. The minimum Gasteiger partial charge on any atom is -0.322 e. The van der Waals surface area contributed by atoms with Crippen molar-refractivity contribution in [3.8, 4) is 11.3 Å². The van der Waals surface area contributed by atoms with Crippen LogP contribution in [0.1, 0.15) is 34.8 Å². The molecule has 0 saturated carbocycles. The molecule has 17 heavy (non-hydrogen) atoms. The van der Waals surface area contributed by atoms with Gasteiger partial charge in [0.15, 0.2) is 0 Å². The second kappa shape index (κ2) is 3.89. The fourth-order valence-electron chi connectivity index (χ4n) is 2.15. The Morgan fingerprint density at radius 3 is 3.12 bits per heavy atom. The lowest BCUT2D eigenvalue weighted by Gasteiger charge is -2.04. The zero-order valence-corrected chi connectivity index (χ0v) is 10.4. The smallest absolute Gasteiger partial charge is 0.123 e. The van der Waals surface area contributed by atoms with Crippen molar-refractivity contribution in [2.75, 3.05) is 0 Å². The fourth-order valence-corrected chi connectivity index (χ4v) is 3.33. The maximum Gasteiger partial charge on any atom is 0.123 e. The van der Waals surface area contributed by atoms with Gasteiger partial charge in [0.25, 0.3) is 0 Å². The van der Waals surface area contributed by atoms with E-state index in [9.17, 15) is 4.39 Å². The summed E-state index contributed by atoms with van der Waals surface area (Å²) in [6, 6.07) is 4.93. The maximum absolute atomic E-state index is 13.1. The first-order valence-electron chi connectivity index (χ1n) is 5.73. The summed E-state index contributed by atoms with van der Waals surface area (Å²) in [5.41, 5.74) is 9.09. The van der Waals surface area contributed by atoms with E-state index >= 15 is 0 Å². The highest BCUT2D eigenvalue weighted by molar-refractivity contribution is 7.12. The summed E-state index contributed by atoms with van der Waals surface area (Å²) >= 11 is 1.66. The molecule has 2 N–H and O–H groups in total. The molecular weight excluding hydrogens is 235 g/mol. The lowest BCUT2D eigenvalue weighted by atomic mass is 10.1. The number of rotatable bonds is 2. The van der Waals surface area contributed by atoms with Crippen molar-refractivity contribution >= 4 is 11.3 Å². The molecule has 4 heteroatoms. The average molecular weight is 248 g/mol. The molecule has 3 rings (SSSR count). The third-order valence-corrected chi connectivity index (χ3v) is 4.33. The predicted octanol–water partition coefficient (Wildman–Crippen LogP) is 3.26. The number of nitrogens with two attached hydrogens (primary N) is 1. The van der Waals surface area contributed by atoms with Crippen molar-refractivity contribution < 1.29 is 4.39 Å². The monoisotopic (exact) mass is 248 g/mol. The Labute approximate surface area is 103 Å². The van der Waals surface area contributed by atoms with Gasteiger partial charge in [-0.3, -0.25) is 0 Å². The molecular formula is C13H13FN2S. The Morgan fingerprint density at radius 1 is 1.53 bits per heavy atom. The molecule has 1 aliphatic rings. The van der Waals surface area contributed by atoms with Crippen LogP contribution in [0.3, 0.4) is 0 Å². The van der Waals surface area contributed by atoms with Crippen LogP contribution in [-0.2, 0) is 6.42 Å². The minimum absolute atomic E-state index is 0.0227. The molecule has 0 fully saturated rings. The van der Waals surface area contributed by atoms with Gasteiger partial charge >= 0.3 is 0 Å². The molecule has 1 aliphatic carbocycles. The first-order valence-corrected chi connectivity index (χ1v) is 6.54. The van der Waals surface area contributed by atoms with E-state index in [1.807, 2.05) is 6.07 Å². The van der Waals surface area contributed by atoms with Gasteiger partial charge in [-0.1, -0.05) is 6.92 Å². The number of hydrogen-bond donors (Lipinski definition) is 1. The summed E-state index contributed by atoms with van der Waals surface area (Å²) in [5.74, 6) is -0.176. The molecule has 2 nitrogen and oxygen atoms in total. The summed E-state index contributed by atoms with van der Waals surface area (Å²) in [6.45, 7) is 2.06. The van der Waals surface area contributed by atoms with Crippen LogP contribution >= 0.6 is 11.3 Å². The van der Waals surface area contributed by atoms with Gasteiger partial charge < -0.3 is 5.73 Å². The molecule has 0 amide bonds. The van der Waals surface area contributed by atoms with Gasteiger partial charge in [-0.05, 0) is 30.2 Å². The molecule has 2 aromatic rings. The molecule has 1 atom stereocenters. The second-order valence-corrected chi connectivity index (χ2v) is 5.43. The van der Waals surface area contributed by atoms with Gasteiger partial charge in [-0.25, -0.2) is 9.37 Å². The van der Waals surface area contributed by atoms with Crippen molar-refractivity contribution in [3.63, 3.8) is 0 Å². The number of fused-ring (bicyclic) bond motifs is 3. The van der Waals surface area contributed by atoms with Crippen LogP contribution in [0.15, 0.2) is 18.2 Å². The number of thiazole rings is 1. The van der Waals surface area contributed by atoms with Gasteiger partial charge in [0.1, 0.15) is 10.8 Å². The van der Waals surface area contributed by atoms with Gasteiger partial charge in [-0.15, -0.1) is 11.3 Å². The first-order chi connectivity index (χ1) is 8.19. The largest absolute Gasteiger partial charge is 0.322 e. The topological polar surface area (TPSA) is 38.9 Å². The standard InChI is InChI=1S/C13H13FN2S/c1-2-10(15)13-16-12-9-4-3-8(14)5-7(9)6-11(12)17-13/h3-5,10H,2,6,15H2,1H3. The normalized spacial score (nSPS) is 14.5. The van der Waals surface area contributed by atoms with E-state index in [0.29, 0.717) is 0 Å². The van der Waals surface area contributed by atoms with E-state index in [0.717, 1.165) is 34.7 Å². The SMILES string of the molecule is CCC(N)c1nc2c(s1)Cc1cc(F)ccc1-2. The Bertz CT molecular complexity index is 577. The van der Waals surface area contributed by atoms with E-state index in [2.05, 4.69) is 11.9 Å². The van der Waals surface area contributed by atoms with Crippen molar-refractivity contribution in [1.82, 2.24) is 4.98 Å². The molecule has 0 saturated heterocycles. The Kier molecular flexibility index (Phi) is 2.49. The van der Waals surface area contributed by atoms with Gasteiger partial charge in [0.05, 0.1) is 11.7 Å². The number of halogens is 1. The van der Waals surface area contributed by atoms with Crippen molar-refractivity contribution in [1.29, 1.82) is 0 Å². The highest BCUT2D eigenvalue weighted by Gasteiger charge is 2.24. The highest BCUT2D eigenvalue weighted by Crippen LogP contribution is 2.40. The summed E-state index contributed by atoms with van der Waals surface area (Å²) < 4.78 is 13.1. The first kappa shape index (κ1) is 10.9. The Morgan fingerprint density at radius 2 is 2.35 bits per heavy atom. The minimum atomic E-state index is -0.176. The van der Waals surface area contributed by atoms with Crippen molar-refractivity contribution in [2.24, 2.45) is 5.73 Å². The van der Waals surface area contributed by atoms with E-state index in [4.69, 9.17) is 5.73 Å². The predicted molar refractivity (Wildman–Crippen MR) is 67.5 cm³/mol. The number of benzene rings is 1. The van der Waals surface area contributed by atoms with Crippen molar-refractivity contribution in [2.45, 2.75) is 25.8 Å². The molecule has 1 unspecified atom stereocenters.